The van der Waals surface area contributed by atoms with Crippen LogP contribution in [0.2, 0.25) is 0 Å². The summed E-state index contributed by atoms with van der Waals surface area (Å²) in [6.07, 6.45) is 0. The number of benzene rings is 1. The van der Waals surface area contributed by atoms with Gasteiger partial charge in [-0.2, -0.15) is 0 Å². The fourth-order valence-electron chi connectivity index (χ4n) is 1.42. The average molecular weight is 262 g/mol. The van der Waals surface area contributed by atoms with Crippen molar-refractivity contribution in [2.45, 2.75) is 13.8 Å². The quantitative estimate of drug-likeness (QED) is 0.921. The number of carbonyl (C=O) groups is 1. The molecule has 0 bridgehead atoms. The molecule has 1 aromatic carbocycles. The molecule has 1 aromatic heterocycles. The highest BCUT2D eigenvalue weighted by Gasteiger charge is 2.06. The molecule has 2 rings (SSSR count). The van der Waals surface area contributed by atoms with Gasteiger partial charge in [-0.1, -0.05) is 12.1 Å². The number of hydrogen-bond acceptors (Lipinski definition) is 4. The molecule has 0 saturated carbocycles. The molecule has 0 radical (unpaired) electrons. The normalized spacial score (nSPS) is 10.1. The zero-order valence-corrected chi connectivity index (χ0v) is 11.1. The van der Waals surface area contributed by atoms with Crippen molar-refractivity contribution in [3.63, 3.8) is 0 Å². The molecule has 4 nitrogen and oxygen atoms in total. The molecule has 1 heterocycles. The molecule has 0 fully saturated rings. The molecule has 0 atom stereocenters. The Labute approximate surface area is 110 Å². The van der Waals surface area contributed by atoms with Crippen LogP contribution in [0.4, 0.5) is 5.13 Å². The summed E-state index contributed by atoms with van der Waals surface area (Å²) in [7, 11) is 0. The van der Waals surface area contributed by atoms with Crippen molar-refractivity contribution >= 4 is 22.4 Å². The minimum Gasteiger partial charge on any atom is -0.484 e. The zero-order chi connectivity index (χ0) is 13.0. The van der Waals surface area contributed by atoms with Crippen LogP contribution in [0, 0.1) is 13.8 Å². The maximum absolute atomic E-state index is 11.6. The molecule has 0 aliphatic heterocycles. The van der Waals surface area contributed by atoms with Crippen LogP contribution in [0.25, 0.3) is 0 Å². The number of rotatable bonds is 4. The summed E-state index contributed by atoms with van der Waals surface area (Å²) >= 11 is 1.40. The zero-order valence-electron chi connectivity index (χ0n) is 10.3. The second-order valence-electron chi connectivity index (χ2n) is 3.95. The van der Waals surface area contributed by atoms with E-state index in [4.69, 9.17) is 4.74 Å². The highest BCUT2D eigenvalue weighted by molar-refractivity contribution is 7.13. The summed E-state index contributed by atoms with van der Waals surface area (Å²) in [4.78, 5) is 15.8. The van der Waals surface area contributed by atoms with Gasteiger partial charge in [0.05, 0.1) is 5.69 Å². The Morgan fingerprint density at radius 3 is 2.94 bits per heavy atom. The highest BCUT2D eigenvalue weighted by atomic mass is 32.1. The van der Waals surface area contributed by atoms with E-state index in [0.29, 0.717) is 10.9 Å². The van der Waals surface area contributed by atoms with E-state index in [0.717, 1.165) is 11.3 Å². The van der Waals surface area contributed by atoms with Crippen molar-refractivity contribution < 1.29 is 9.53 Å². The Balaban J connectivity index is 1.85. The first kappa shape index (κ1) is 12.6. The van der Waals surface area contributed by atoms with Crippen molar-refractivity contribution in [2.24, 2.45) is 0 Å². The van der Waals surface area contributed by atoms with E-state index in [2.05, 4.69) is 10.3 Å². The summed E-state index contributed by atoms with van der Waals surface area (Å²) in [5.74, 6) is 0.492. The van der Waals surface area contributed by atoms with Gasteiger partial charge in [0.25, 0.3) is 5.91 Å². The van der Waals surface area contributed by atoms with E-state index in [1.165, 1.54) is 11.3 Å². The van der Waals surface area contributed by atoms with Gasteiger partial charge in [-0.05, 0) is 31.5 Å². The van der Waals surface area contributed by atoms with E-state index in [1.807, 2.05) is 43.5 Å². The third-order valence-electron chi connectivity index (χ3n) is 2.22. The maximum atomic E-state index is 11.6. The Bertz CT molecular complexity index is 551. The summed E-state index contributed by atoms with van der Waals surface area (Å²) < 4.78 is 5.39. The average Bonchev–Trinajstić information content (AvgIpc) is 2.72. The van der Waals surface area contributed by atoms with Gasteiger partial charge in [0, 0.05) is 5.38 Å². The molecule has 1 amide bonds. The van der Waals surface area contributed by atoms with Crippen LogP contribution >= 0.6 is 11.3 Å². The van der Waals surface area contributed by atoms with Crippen LogP contribution < -0.4 is 10.1 Å². The van der Waals surface area contributed by atoms with Crippen LogP contribution in [0.15, 0.2) is 29.6 Å². The van der Waals surface area contributed by atoms with Gasteiger partial charge in [0.15, 0.2) is 11.7 Å². The Morgan fingerprint density at radius 1 is 1.44 bits per heavy atom. The third kappa shape index (κ3) is 3.56. The van der Waals surface area contributed by atoms with Gasteiger partial charge in [-0.15, -0.1) is 11.3 Å². The molecule has 0 aliphatic rings. The number of amides is 1. The largest absolute Gasteiger partial charge is 0.484 e. The fraction of sp³-hybridized carbons (Fsp3) is 0.231. The summed E-state index contributed by atoms with van der Waals surface area (Å²) in [6.45, 7) is 3.85. The Kier molecular flexibility index (Phi) is 3.94. The van der Waals surface area contributed by atoms with Crippen LogP contribution in [0.5, 0.6) is 5.75 Å². The molecule has 1 N–H and O–H groups in total. The van der Waals surface area contributed by atoms with Gasteiger partial charge in [0.2, 0.25) is 0 Å². The Morgan fingerprint density at radius 2 is 2.28 bits per heavy atom. The molecule has 0 unspecified atom stereocenters. The maximum Gasteiger partial charge on any atom is 0.264 e. The number of hydrogen-bond donors (Lipinski definition) is 1. The first-order valence-corrected chi connectivity index (χ1v) is 6.43. The lowest BCUT2D eigenvalue weighted by molar-refractivity contribution is -0.118. The van der Waals surface area contributed by atoms with Crippen LogP contribution in [-0.4, -0.2) is 17.5 Å². The molecule has 18 heavy (non-hydrogen) atoms. The van der Waals surface area contributed by atoms with Crippen LogP contribution in [0.3, 0.4) is 0 Å². The molecule has 0 saturated heterocycles. The number of ether oxygens (including phenoxy) is 1. The lowest BCUT2D eigenvalue weighted by Gasteiger charge is -2.06. The van der Waals surface area contributed by atoms with E-state index in [-0.39, 0.29) is 12.5 Å². The molecular formula is C13H14N2O2S. The number of aryl methyl sites for hydroxylation is 2. The van der Waals surface area contributed by atoms with Crippen molar-refractivity contribution in [3.8, 4) is 5.75 Å². The predicted molar refractivity (Wildman–Crippen MR) is 72.2 cm³/mol. The number of thiazole rings is 1. The molecule has 5 heteroatoms. The van der Waals surface area contributed by atoms with Crippen molar-refractivity contribution in [1.29, 1.82) is 0 Å². The molecule has 0 aliphatic carbocycles. The smallest absolute Gasteiger partial charge is 0.264 e. The number of nitrogens with one attached hydrogen (secondary N) is 1. The van der Waals surface area contributed by atoms with Crippen LogP contribution in [0.1, 0.15) is 11.3 Å². The standard InChI is InChI=1S/C13H14N2O2S/c1-9-4-3-5-11(6-9)17-7-12(16)15-13-14-10(2)8-18-13/h3-6,8H,7H2,1-2H3,(H,14,15,16). The van der Waals surface area contributed by atoms with E-state index < -0.39 is 0 Å². The number of nitrogens with zero attached hydrogens (tertiary/aromatic N) is 1. The Hall–Kier alpha value is -1.88. The number of anilines is 1. The molecule has 94 valence electrons. The fourth-order valence-corrected chi connectivity index (χ4v) is 2.13. The van der Waals surface area contributed by atoms with E-state index in [1.54, 1.807) is 0 Å². The lowest BCUT2D eigenvalue weighted by Crippen LogP contribution is -2.20. The molecule has 2 aromatic rings. The molecule has 0 spiro atoms. The first-order valence-electron chi connectivity index (χ1n) is 5.55. The van der Waals surface area contributed by atoms with Gasteiger partial charge >= 0.3 is 0 Å². The van der Waals surface area contributed by atoms with E-state index >= 15 is 0 Å². The van der Waals surface area contributed by atoms with Gasteiger partial charge < -0.3 is 4.74 Å². The topological polar surface area (TPSA) is 51.2 Å². The van der Waals surface area contributed by atoms with Crippen molar-refractivity contribution in [3.05, 3.63) is 40.9 Å². The van der Waals surface area contributed by atoms with Crippen molar-refractivity contribution in [2.75, 3.05) is 11.9 Å². The van der Waals surface area contributed by atoms with Gasteiger partial charge in [-0.25, -0.2) is 4.98 Å². The lowest BCUT2D eigenvalue weighted by atomic mass is 10.2. The number of carbonyl (C=O) groups excluding carboxylic acids is 1. The predicted octanol–water partition coefficient (Wildman–Crippen LogP) is 2.78. The summed E-state index contributed by atoms with van der Waals surface area (Å²) in [6, 6.07) is 7.59. The summed E-state index contributed by atoms with van der Waals surface area (Å²) in [5, 5.41) is 5.18. The first-order chi connectivity index (χ1) is 8.63. The second-order valence-corrected chi connectivity index (χ2v) is 4.81. The van der Waals surface area contributed by atoms with Gasteiger partial charge in [0.1, 0.15) is 5.75 Å². The molecular weight excluding hydrogens is 248 g/mol. The SMILES string of the molecule is Cc1cccc(OCC(=O)Nc2nc(C)cs2)c1. The van der Waals surface area contributed by atoms with E-state index in [9.17, 15) is 4.79 Å². The minimum atomic E-state index is -0.203. The number of aromatic nitrogens is 1. The third-order valence-corrected chi connectivity index (χ3v) is 3.10. The van der Waals surface area contributed by atoms with Crippen LogP contribution in [-0.2, 0) is 4.79 Å². The van der Waals surface area contributed by atoms with Gasteiger partial charge in [-0.3, -0.25) is 10.1 Å². The highest BCUT2D eigenvalue weighted by Crippen LogP contribution is 2.15. The summed E-state index contributed by atoms with van der Waals surface area (Å²) in [5.41, 5.74) is 2.00. The van der Waals surface area contributed by atoms with Crippen molar-refractivity contribution in [1.82, 2.24) is 4.98 Å². The minimum absolute atomic E-state index is 0.0118. The second kappa shape index (κ2) is 5.64. The monoisotopic (exact) mass is 262 g/mol.